The lowest BCUT2D eigenvalue weighted by atomic mass is 10.0. The van der Waals surface area contributed by atoms with Gasteiger partial charge in [-0.15, -0.1) is 10.2 Å². The predicted molar refractivity (Wildman–Crippen MR) is 122 cm³/mol. The van der Waals surface area contributed by atoms with Crippen LogP contribution in [0, 0.1) is 5.82 Å². The van der Waals surface area contributed by atoms with E-state index in [0.29, 0.717) is 11.9 Å². The van der Waals surface area contributed by atoms with Crippen LogP contribution in [0.3, 0.4) is 0 Å². The Morgan fingerprint density at radius 1 is 0.875 bits per heavy atom. The van der Waals surface area contributed by atoms with Crippen molar-refractivity contribution in [3.05, 3.63) is 108 Å². The van der Waals surface area contributed by atoms with Gasteiger partial charge < -0.3 is 9.67 Å². The maximum Gasteiger partial charge on any atom is 0.295 e. The number of aromatic hydroxyl groups is 1. The number of benzene rings is 4. The quantitative estimate of drug-likeness (QED) is 0.331. The van der Waals surface area contributed by atoms with E-state index >= 15 is 0 Å². The lowest BCUT2D eigenvalue weighted by molar-refractivity contribution is 0.0994. The van der Waals surface area contributed by atoms with E-state index in [1.807, 2.05) is 66.7 Å². The second-order valence-corrected chi connectivity index (χ2v) is 7.43. The fourth-order valence-electron chi connectivity index (χ4n) is 3.91. The van der Waals surface area contributed by atoms with E-state index in [1.165, 1.54) is 18.2 Å². The van der Waals surface area contributed by atoms with E-state index < -0.39 is 11.7 Å². The largest absolute Gasteiger partial charge is 0.493 e. The molecule has 0 spiro atoms. The molecule has 0 aliphatic heterocycles. The third-order valence-corrected chi connectivity index (χ3v) is 5.44. The Morgan fingerprint density at radius 3 is 2.44 bits per heavy atom. The van der Waals surface area contributed by atoms with Crippen LogP contribution in [0.4, 0.5) is 10.1 Å². The highest BCUT2D eigenvalue weighted by molar-refractivity contribution is 5.97. The van der Waals surface area contributed by atoms with Crippen molar-refractivity contribution in [2.24, 2.45) is 10.2 Å². The number of amides is 1. The number of fused-ring (bicyclic) bond motifs is 2. The smallest absolute Gasteiger partial charge is 0.295 e. The molecule has 0 aliphatic rings. The van der Waals surface area contributed by atoms with Crippen LogP contribution in [0.15, 0.2) is 101 Å². The average molecular weight is 423 g/mol. The number of aromatic nitrogens is 1. The number of hydrogen-bond acceptors (Lipinski definition) is 3. The van der Waals surface area contributed by atoms with Crippen LogP contribution in [0.1, 0.15) is 15.9 Å². The summed E-state index contributed by atoms with van der Waals surface area (Å²) in [5.74, 6) is -1.30. The maximum atomic E-state index is 13.4. The summed E-state index contributed by atoms with van der Waals surface area (Å²) in [6.07, 6.45) is 0. The zero-order valence-electron chi connectivity index (χ0n) is 16.9. The fourth-order valence-corrected chi connectivity index (χ4v) is 3.91. The van der Waals surface area contributed by atoms with E-state index in [-0.39, 0.29) is 17.1 Å². The number of carbonyl (C=O) groups is 1. The molecular weight excluding hydrogens is 405 g/mol. The Kier molecular flexibility index (Phi) is 4.95. The van der Waals surface area contributed by atoms with Crippen molar-refractivity contribution in [3.8, 4) is 5.88 Å². The molecule has 5 aromatic rings. The first kappa shape index (κ1) is 19.6. The molecule has 32 heavy (non-hydrogen) atoms. The second kappa shape index (κ2) is 8.07. The van der Waals surface area contributed by atoms with Crippen molar-refractivity contribution < 1.29 is 14.3 Å². The molecule has 4 aromatic carbocycles. The number of azo groups is 1. The third kappa shape index (κ3) is 3.52. The molecule has 0 saturated heterocycles. The Morgan fingerprint density at radius 2 is 1.59 bits per heavy atom. The SMILES string of the molecule is O=C(N=Nc1c(O)n(Cc2cccc3ccccc23)c2ccccc12)c1cccc(F)c1. The van der Waals surface area contributed by atoms with Crippen LogP contribution in [0.5, 0.6) is 5.88 Å². The first-order valence-electron chi connectivity index (χ1n) is 10.1. The van der Waals surface area contributed by atoms with E-state index in [2.05, 4.69) is 10.2 Å². The zero-order chi connectivity index (χ0) is 22.1. The summed E-state index contributed by atoms with van der Waals surface area (Å²) in [4.78, 5) is 12.3. The first-order chi connectivity index (χ1) is 15.6. The van der Waals surface area contributed by atoms with Crippen LogP contribution >= 0.6 is 0 Å². The molecule has 0 saturated carbocycles. The molecule has 1 N–H and O–H groups in total. The standard InChI is InChI=1S/C26H18FN3O2/c27-20-11-6-9-18(15-20)25(31)29-28-24-22-13-3-4-14-23(22)30(26(24)32)16-19-10-5-8-17-7-1-2-12-21(17)19/h1-15,32H,16H2. The minimum absolute atomic E-state index is 0.0880. The molecule has 1 heterocycles. The van der Waals surface area contributed by atoms with E-state index in [1.54, 1.807) is 4.57 Å². The van der Waals surface area contributed by atoms with Gasteiger partial charge in [-0.2, -0.15) is 0 Å². The summed E-state index contributed by atoms with van der Waals surface area (Å²) in [6, 6.07) is 26.8. The van der Waals surface area contributed by atoms with Crippen LogP contribution in [0.25, 0.3) is 21.7 Å². The Labute approximate surface area is 183 Å². The highest BCUT2D eigenvalue weighted by Crippen LogP contribution is 2.39. The normalized spacial score (nSPS) is 11.5. The van der Waals surface area contributed by atoms with E-state index in [4.69, 9.17) is 0 Å². The lowest BCUT2D eigenvalue weighted by Crippen LogP contribution is -1.99. The molecule has 0 bridgehead atoms. The van der Waals surface area contributed by atoms with Crippen molar-refractivity contribution >= 4 is 33.3 Å². The lowest BCUT2D eigenvalue weighted by Gasteiger charge is -2.10. The van der Waals surface area contributed by atoms with Gasteiger partial charge in [-0.3, -0.25) is 4.79 Å². The molecule has 0 fully saturated rings. The van der Waals surface area contributed by atoms with Gasteiger partial charge in [-0.1, -0.05) is 66.7 Å². The van der Waals surface area contributed by atoms with Crippen molar-refractivity contribution in [2.45, 2.75) is 6.54 Å². The molecule has 6 heteroatoms. The molecule has 156 valence electrons. The number of carbonyl (C=O) groups excluding carboxylic acids is 1. The molecule has 0 unspecified atom stereocenters. The fraction of sp³-hybridized carbons (Fsp3) is 0.0385. The second-order valence-electron chi connectivity index (χ2n) is 7.43. The minimum atomic E-state index is -0.685. The van der Waals surface area contributed by atoms with Gasteiger partial charge in [0.05, 0.1) is 12.1 Å². The zero-order valence-corrected chi connectivity index (χ0v) is 16.9. The number of halogens is 1. The highest BCUT2D eigenvalue weighted by Gasteiger charge is 2.18. The van der Waals surface area contributed by atoms with E-state index in [0.717, 1.165) is 27.9 Å². The Hall–Kier alpha value is -4.32. The number of para-hydroxylation sites is 1. The number of hydrogen-bond donors (Lipinski definition) is 1. The molecule has 5 nitrogen and oxygen atoms in total. The van der Waals surface area contributed by atoms with Crippen LogP contribution in [-0.2, 0) is 6.54 Å². The van der Waals surface area contributed by atoms with Crippen molar-refractivity contribution in [1.82, 2.24) is 4.57 Å². The van der Waals surface area contributed by atoms with Crippen LogP contribution in [0.2, 0.25) is 0 Å². The highest BCUT2D eigenvalue weighted by atomic mass is 19.1. The van der Waals surface area contributed by atoms with Gasteiger partial charge in [0.1, 0.15) is 5.82 Å². The molecule has 0 radical (unpaired) electrons. The first-order valence-corrected chi connectivity index (χ1v) is 10.1. The van der Waals surface area contributed by atoms with Crippen LogP contribution in [-0.4, -0.2) is 15.6 Å². The van der Waals surface area contributed by atoms with Crippen molar-refractivity contribution in [1.29, 1.82) is 0 Å². The van der Waals surface area contributed by atoms with Gasteiger partial charge in [-0.05, 0) is 40.6 Å². The molecule has 0 aliphatic carbocycles. The van der Waals surface area contributed by atoms with E-state index in [9.17, 15) is 14.3 Å². The molecular formula is C26H18FN3O2. The minimum Gasteiger partial charge on any atom is -0.493 e. The summed E-state index contributed by atoms with van der Waals surface area (Å²) in [6.45, 7) is 0.418. The van der Waals surface area contributed by atoms with Gasteiger partial charge in [-0.25, -0.2) is 4.39 Å². The monoisotopic (exact) mass is 423 g/mol. The van der Waals surface area contributed by atoms with Crippen molar-refractivity contribution in [2.75, 3.05) is 0 Å². The maximum absolute atomic E-state index is 13.4. The van der Waals surface area contributed by atoms with Crippen molar-refractivity contribution in [3.63, 3.8) is 0 Å². The third-order valence-electron chi connectivity index (χ3n) is 5.44. The number of rotatable bonds is 4. The van der Waals surface area contributed by atoms with Gasteiger partial charge >= 0.3 is 0 Å². The number of nitrogens with zero attached hydrogens (tertiary/aromatic N) is 3. The molecule has 1 aromatic heterocycles. The summed E-state index contributed by atoms with van der Waals surface area (Å²) >= 11 is 0. The molecule has 0 atom stereocenters. The molecule has 1 amide bonds. The molecule has 5 rings (SSSR count). The average Bonchev–Trinajstić information content (AvgIpc) is 3.08. The summed E-state index contributed by atoms with van der Waals surface area (Å²) in [5, 5.41) is 21.7. The van der Waals surface area contributed by atoms with Gasteiger partial charge in [0.2, 0.25) is 5.88 Å². The summed E-state index contributed by atoms with van der Waals surface area (Å²) < 4.78 is 15.2. The Bertz CT molecular complexity index is 1500. The van der Waals surface area contributed by atoms with Gasteiger partial charge in [0, 0.05) is 10.9 Å². The van der Waals surface area contributed by atoms with Gasteiger partial charge in [0.25, 0.3) is 5.91 Å². The summed E-state index contributed by atoms with van der Waals surface area (Å²) in [7, 11) is 0. The Balaban J connectivity index is 1.57. The topological polar surface area (TPSA) is 66.9 Å². The van der Waals surface area contributed by atoms with Gasteiger partial charge in [0.15, 0.2) is 5.69 Å². The van der Waals surface area contributed by atoms with Crippen LogP contribution < -0.4 is 0 Å². The summed E-state index contributed by atoms with van der Waals surface area (Å²) in [5.41, 5.74) is 2.10. The predicted octanol–water partition coefficient (Wildman–Crippen LogP) is 6.61.